The molecule has 2 aliphatic carbocycles. The molecule has 0 radical (unpaired) electrons. The van der Waals surface area contributed by atoms with Crippen molar-refractivity contribution in [3.05, 3.63) is 0 Å². The molecule has 0 aromatic carbocycles. The first kappa shape index (κ1) is 14.8. The van der Waals surface area contributed by atoms with Crippen molar-refractivity contribution in [3.63, 3.8) is 0 Å². The molecule has 0 aliphatic heterocycles. The molecule has 1 unspecified atom stereocenters. The minimum atomic E-state index is 1.10. The molecule has 1 heteroatoms. The molecule has 0 N–H and O–H groups in total. The van der Waals surface area contributed by atoms with E-state index in [2.05, 4.69) is 9.24 Å². The molecule has 0 saturated heterocycles. The quantitative estimate of drug-likeness (QED) is 0.421. The highest BCUT2D eigenvalue weighted by Crippen LogP contribution is 2.42. The van der Waals surface area contributed by atoms with Crippen LogP contribution in [-0.4, -0.2) is 6.16 Å². The molecule has 0 aromatic rings. The Labute approximate surface area is 117 Å². The number of unbranched alkanes of at least 4 members (excludes halogenated alkanes) is 1. The summed E-state index contributed by atoms with van der Waals surface area (Å²) in [5.74, 6) is 3.31. The van der Waals surface area contributed by atoms with Gasteiger partial charge in [-0.25, -0.2) is 0 Å². The van der Waals surface area contributed by atoms with Crippen LogP contribution in [0, 0.1) is 17.8 Å². The molecule has 2 rings (SSSR count). The number of rotatable bonds is 6. The monoisotopic (exact) mass is 268 g/mol. The maximum atomic E-state index is 2.90. The summed E-state index contributed by atoms with van der Waals surface area (Å²) in [7, 11) is 2.90. The van der Waals surface area contributed by atoms with Crippen LogP contribution >= 0.6 is 9.24 Å². The lowest BCUT2D eigenvalue weighted by Crippen LogP contribution is -2.27. The first-order chi connectivity index (χ1) is 8.92. The zero-order chi connectivity index (χ0) is 12.6. The van der Waals surface area contributed by atoms with Gasteiger partial charge >= 0.3 is 0 Å². The third-order valence-corrected chi connectivity index (χ3v) is 5.91. The van der Waals surface area contributed by atoms with Gasteiger partial charge in [0.1, 0.15) is 0 Å². The van der Waals surface area contributed by atoms with Crippen LogP contribution in [0.15, 0.2) is 0 Å². The van der Waals surface area contributed by atoms with Crippen molar-refractivity contribution in [1.82, 2.24) is 0 Å². The first-order valence-corrected chi connectivity index (χ1v) is 9.43. The van der Waals surface area contributed by atoms with Crippen molar-refractivity contribution in [1.29, 1.82) is 0 Å². The van der Waals surface area contributed by atoms with Gasteiger partial charge in [-0.3, -0.25) is 0 Å². The fraction of sp³-hybridized carbons (Fsp3) is 1.00. The van der Waals surface area contributed by atoms with Gasteiger partial charge in [-0.1, -0.05) is 70.6 Å². The largest absolute Gasteiger partial charge is 0.138 e. The summed E-state index contributed by atoms with van der Waals surface area (Å²) in [6.07, 6.45) is 21.1. The van der Waals surface area contributed by atoms with Gasteiger partial charge in [0, 0.05) is 0 Å². The molecular weight excluding hydrogens is 235 g/mol. The molecule has 2 aliphatic rings. The van der Waals surface area contributed by atoms with Crippen molar-refractivity contribution in [3.8, 4) is 0 Å². The Kier molecular flexibility index (Phi) is 7.06. The van der Waals surface area contributed by atoms with Gasteiger partial charge in [0.25, 0.3) is 0 Å². The van der Waals surface area contributed by atoms with Crippen LogP contribution in [0.1, 0.15) is 83.5 Å². The van der Waals surface area contributed by atoms with E-state index in [9.17, 15) is 0 Å². The molecule has 1 atom stereocenters. The van der Waals surface area contributed by atoms with Crippen molar-refractivity contribution >= 4 is 9.24 Å². The van der Waals surface area contributed by atoms with Gasteiger partial charge in [-0.05, 0) is 36.8 Å². The minimum Gasteiger partial charge on any atom is -0.138 e. The third kappa shape index (κ3) is 4.52. The predicted octanol–water partition coefficient (Wildman–Crippen LogP) is 5.81. The molecule has 0 nitrogen and oxygen atoms in total. The molecule has 18 heavy (non-hydrogen) atoms. The topological polar surface area (TPSA) is 0 Å². The van der Waals surface area contributed by atoms with E-state index in [0.29, 0.717) is 0 Å². The maximum absolute atomic E-state index is 2.90. The van der Waals surface area contributed by atoms with Gasteiger partial charge in [0.2, 0.25) is 0 Å². The molecule has 2 saturated carbocycles. The zero-order valence-electron chi connectivity index (χ0n) is 12.2. The van der Waals surface area contributed by atoms with Gasteiger partial charge in [-0.2, -0.15) is 0 Å². The molecule has 0 amide bonds. The smallest absolute Gasteiger partial charge is 0.0357 e. The lowest BCUT2D eigenvalue weighted by molar-refractivity contribution is 0.132. The van der Waals surface area contributed by atoms with Crippen molar-refractivity contribution in [2.45, 2.75) is 83.5 Å². The fourth-order valence-corrected chi connectivity index (χ4v) is 4.79. The van der Waals surface area contributed by atoms with E-state index in [1.165, 1.54) is 57.5 Å². The average Bonchev–Trinajstić information content (AvgIpc) is 2.46. The van der Waals surface area contributed by atoms with E-state index in [1.807, 2.05) is 0 Å². The van der Waals surface area contributed by atoms with Crippen molar-refractivity contribution < 1.29 is 0 Å². The van der Waals surface area contributed by atoms with E-state index >= 15 is 0 Å². The Morgan fingerprint density at radius 1 is 0.722 bits per heavy atom. The van der Waals surface area contributed by atoms with Gasteiger partial charge in [-0.15, -0.1) is 9.24 Å². The lowest BCUT2D eigenvalue weighted by atomic mass is 9.68. The minimum absolute atomic E-state index is 1.10. The summed E-state index contributed by atoms with van der Waals surface area (Å²) in [5.41, 5.74) is 0. The Bertz CT molecular complexity index is 184. The second kappa shape index (κ2) is 8.57. The second-order valence-electron chi connectivity index (χ2n) is 6.74. The summed E-state index contributed by atoms with van der Waals surface area (Å²) in [4.78, 5) is 0. The number of hydrogen-bond donors (Lipinski definition) is 0. The fourth-order valence-electron chi connectivity index (χ4n) is 4.51. The molecule has 0 heterocycles. The van der Waals surface area contributed by atoms with Crippen molar-refractivity contribution in [2.24, 2.45) is 17.8 Å². The highest BCUT2D eigenvalue weighted by molar-refractivity contribution is 7.16. The maximum Gasteiger partial charge on any atom is -0.0357 e. The normalized spacial score (nSPS) is 23.7. The molecule has 0 aromatic heterocycles. The highest BCUT2D eigenvalue weighted by atomic mass is 31.0. The first-order valence-electron chi connectivity index (χ1n) is 8.62. The molecular formula is C17H33P. The van der Waals surface area contributed by atoms with E-state index in [-0.39, 0.29) is 0 Å². The van der Waals surface area contributed by atoms with Crippen molar-refractivity contribution in [2.75, 3.05) is 6.16 Å². The summed E-state index contributed by atoms with van der Waals surface area (Å²) >= 11 is 0. The molecule has 106 valence electrons. The average molecular weight is 268 g/mol. The van der Waals surface area contributed by atoms with Crippen LogP contribution in [-0.2, 0) is 0 Å². The van der Waals surface area contributed by atoms with E-state index in [1.54, 1.807) is 32.1 Å². The highest BCUT2D eigenvalue weighted by Gasteiger charge is 2.30. The van der Waals surface area contributed by atoms with Crippen LogP contribution in [0.2, 0.25) is 0 Å². The van der Waals surface area contributed by atoms with Gasteiger partial charge in [0.15, 0.2) is 0 Å². The summed E-state index contributed by atoms with van der Waals surface area (Å²) in [6.45, 7) is 0. The Morgan fingerprint density at radius 3 is 1.67 bits per heavy atom. The van der Waals surface area contributed by atoms with E-state index < -0.39 is 0 Å². The molecule has 2 fully saturated rings. The van der Waals surface area contributed by atoms with Crippen LogP contribution in [0.3, 0.4) is 0 Å². The van der Waals surface area contributed by atoms with Gasteiger partial charge < -0.3 is 0 Å². The second-order valence-corrected chi connectivity index (χ2v) is 7.32. The zero-order valence-corrected chi connectivity index (χ0v) is 13.4. The molecule has 0 spiro atoms. The predicted molar refractivity (Wildman–Crippen MR) is 85.1 cm³/mol. The SMILES string of the molecule is PCCCCC(C1CCCCC1)C1CCCCC1. The lowest BCUT2D eigenvalue weighted by Gasteiger charge is -2.38. The number of hydrogen-bond acceptors (Lipinski definition) is 0. The van der Waals surface area contributed by atoms with E-state index in [0.717, 1.165) is 17.8 Å². The molecule has 0 bridgehead atoms. The van der Waals surface area contributed by atoms with Crippen LogP contribution in [0.4, 0.5) is 0 Å². The Morgan fingerprint density at radius 2 is 1.22 bits per heavy atom. The summed E-state index contributed by atoms with van der Waals surface area (Å²) < 4.78 is 0. The summed E-state index contributed by atoms with van der Waals surface area (Å²) in [5, 5.41) is 0. The van der Waals surface area contributed by atoms with Crippen LogP contribution < -0.4 is 0 Å². The standard InChI is InChI=1S/C17H33P/c18-14-8-7-13-17(15-9-3-1-4-10-15)16-11-5-2-6-12-16/h15-17H,1-14,18H2. The third-order valence-electron chi connectivity index (χ3n) is 5.50. The Balaban J connectivity index is 1.87. The van der Waals surface area contributed by atoms with E-state index in [4.69, 9.17) is 0 Å². The van der Waals surface area contributed by atoms with Gasteiger partial charge in [0.05, 0.1) is 0 Å². The van der Waals surface area contributed by atoms with Crippen LogP contribution in [0.25, 0.3) is 0 Å². The Hall–Kier alpha value is 0.430. The van der Waals surface area contributed by atoms with Crippen LogP contribution in [0.5, 0.6) is 0 Å². The summed E-state index contributed by atoms with van der Waals surface area (Å²) in [6, 6.07) is 0.